The van der Waals surface area contributed by atoms with Crippen molar-refractivity contribution >= 4 is 35.1 Å². The molecule has 1 fully saturated rings. The molecule has 0 spiro atoms. The molecule has 1 saturated heterocycles. The molecule has 2 atom stereocenters. The average molecular weight is 466 g/mol. The third kappa shape index (κ3) is 4.43. The van der Waals surface area contributed by atoms with Gasteiger partial charge in [0, 0.05) is 47.7 Å². The minimum absolute atomic E-state index is 0.105. The summed E-state index contributed by atoms with van der Waals surface area (Å²) < 4.78 is 5.66. The van der Waals surface area contributed by atoms with E-state index in [1.807, 2.05) is 67.8 Å². The van der Waals surface area contributed by atoms with Crippen molar-refractivity contribution in [3.8, 4) is 0 Å². The summed E-state index contributed by atoms with van der Waals surface area (Å²) in [4.78, 5) is 31.3. The number of anilines is 2. The molecule has 5 rings (SSSR count). The van der Waals surface area contributed by atoms with Gasteiger partial charge in [0.05, 0.1) is 5.69 Å². The zero-order valence-corrected chi connectivity index (χ0v) is 20.3. The molecule has 7 heteroatoms. The quantitative estimate of drug-likeness (QED) is 0.648. The third-order valence-corrected chi connectivity index (χ3v) is 7.63. The number of ether oxygens (including phenoxy) is 1. The normalized spacial score (nSPS) is 21.7. The molecule has 2 aromatic carbocycles. The Morgan fingerprint density at radius 1 is 1.12 bits per heavy atom. The summed E-state index contributed by atoms with van der Waals surface area (Å²) in [7, 11) is 0. The van der Waals surface area contributed by atoms with E-state index >= 15 is 0 Å². The summed E-state index contributed by atoms with van der Waals surface area (Å²) >= 11 is 1.87. The summed E-state index contributed by atoms with van der Waals surface area (Å²) in [5.41, 5.74) is 3.50. The van der Waals surface area contributed by atoms with Crippen LogP contribution in [0.15, 0.2) is 47.4 Å². The van der Waals surface area contributed by atoms with Gasteiger partial charge >= 0.3 is 6.09 Å². The smallest absolute Gasteiger partial charge is 0.410 e. The number of thioether (sulfide) groups is 1. The van der Waals surface area contributed by atoms with E-state index in [0.29, 0.717) is 24.7 Å². The molecule has 0 aromatic heterocycles. The van der Waals surface area contributed by atoms with Gasteiger partial charge in [0.2, 0.25) is 0 Å². The molecule has 3 heterocycles. The molecule has 33 heavy (non-hydrogen) atoms. The first-order valence-corrected chi connectivity index (χ1v) is 12.7. The fourth-order valence-corrected chi connectivity index (χ4v) is 6.24. The van der Waals surface area contributed by atoms with Gasteiger partial charge in [-0.1, -0.05) is 18.2 Å². The van der Waals surface area contributed by atoms with Crippen LogP contribution in [0.3, 0.4) is 0 Å². The molecule has 2 amide bonds. The lowest BCUT2D eigenvalue weighted by atomic mass is 9.89. The van der Waals surface area contributed by atoms with Crippen molar-refractivity contribution in [1.82, 2.24) is 4.90 Å². The van der Waals surface area contributed by atoms with Gasteiger partial charge in [-0.15, -0.1) is 11.8 Å². The van der Waals surface area contributed by atoms with Crippen molar-refractivity contribution in [3.05, 3.63) is 53.6 Å². The van der Waals surface area contributed by atoms with Crippen LogP contribution in [0.4, 0.5) is 16.2 Å². The van der Waals surface area contributed by atoms with Crippen LogP contribution in [-0.4, -0.2) is 53.9 Å². The molecule has 0 unspecified atom stereocenters. The monoisotopic (exact) mass is 465 g/mol. The number of hydrogen-bond acceptors (Lipinski definition) is 5. The largest absolute Gasteiger partial charge is 0.444 e. The van der Waals surface area contributed by atoms with Gasteiger partial charge in [-0.2, -0.15) is 0 Å². The summed E-state index contributed by atoms with van der Waals surface area (Å²) in [6.07, 6.45) is 1.81. The summed E-state index contributed by atoms with van der Waals surface area (Å²) in [5.74, 6) is 1.18. The highest BCUT2D eigenvalue weighted by Crippen LogP contribution is 2.51. The number of likely N-dealkylation sites (tertiary alicyclic amines) is 1. The molecule has 0 aliphatic carbocycles. The fourth-order valence-electron chi connectivity index (χ4n) is 5.17. The lowest BCUT2D eigenvalue weighted by molar-refractivity contribution is 0.0189. The van der Waals surface area contributed by atoms with Crippen LogP contribution in [0, 0.1) is 0 Å². The highest BCUT2D eigenvalue weighted by atomic mass is 32.2. The molecule has 2 aromatic rings. The van der Waals surface area contributed by atoms with E-state index in [2.05, 4.69) is 22.3 Å². The second-order valence-electron chi connectivity index (χ2n) is 10.0. The Hall–Kier alpha value is -2.67. The summed E-state index contributed by atoms with van der Waals surface area (Å²) in [5, 5.41) is 3.11. The molecule has 0 saturated carbocycles. The fraction of sp³-hybridized carbons (Fsp3) is 0.462. The molecule has 174 valence electrons. The molecular weight excluding hydrogens is 434 g/mol. The molecule has 0 radical (unpaired) electrons. The van der Waals surface area contributed by atoms with Crippen LogP contribution >= 0.6 is 11.8 Å². The lowest BCUT2D eigenvalue weighted by Gasteiger charge is -2.39. The van der Waals surface area contributed by atoms with E-state index in [0.717, 1.165) is 30.8 Å². The average Bonchev–Trinajstić information content (AvgIpc) is 2.93. The van der Waals surface area contributed by atoms with Crippen LogP contribution in [0.2, 0.25) is 0 Å². The second-order valence-corrected chi connectivity index (χ2v) is 11.2. The van der Waals surface area contributed by atoms with E-state index < -0.39 is 5.60 Å². The van der Waals surface area contributed by atoms with Crippen molar-refractivity contribution in [2.24, 2.45) is 0 Å². The van der Waals surface area contributed by atoms with Crippen molar-refractivity contribution in [2.45, 2.75) is 56.1 Å². The Bertz CT molecular complexity index is 1070. The SMILES string of the molecule is CC(C)(C)OC(=O)N1CC[C@H]2[C@@H](C1)c1cc(NC(=O)c3ccccc3)cc3c1N2CCCS3. The topological polar surface area (TPSA) is 61.9 Å². The molecule has 1 N–H and O–H groups in total. The number of carbonyl (C=O) groups excluding carboxylic acids is 2. The number of carbonyl (C=O) groups is 2. The minimum Gasteiger partial charge on any atom is -0.444 e. The van der Waals surface area contributed by atoms with Crippen molar-refractivity contribution in [3.63, 3.8) is 0 Å². The van der Waals surface area contributed by atoms with E-state index in [1.165, 1.54) is 16.1 Å². The van der Waals surface area contributed by atoms with Crippen LogP contribution in [0.5, 0.6) is 0 Å². The molecule has 3 aliphatic heterocycles. The standard InChI is InChI=1S/C26H31N3O3S/c1-26(2,3)32-25(31)28-12-10-21-20(16-28)19-14-18(27-24(30)17-8-5-4-6-9-17)15-22-23(19)29(21)11-7-13-33-22/h4-6,8-9,14-15,20-21H,7,10-13,16H2,1-3H3,(H,27,30)/t20-,21-/m0/s1. The van der Waals surface area contributed by atoms with Crippen LogP contribution in [0.25, 0.3) is 0 Å². The van der Waals surface area contributed by atoms with E-state index in [1.54, 1.807) is 0 Å². The zero-order valence-electron chi connectivity index (χ0n) is 19.5. The predicted octanol–water partition coefficient (Wildman–Crippen LogP) is 5.35. The number of fused-ring (bicyclic) bond motifs is 3. The number of benzene rings is 2. The Morgan fingerprint density at radius 2 is 1.91 bits per heavy atom. The van der Waals surface area contributed by atoms with Crippen molar-refractivity contribution < 1.29 is 14.3 Å². The number of rotatable bonds is 2. The lowest BCUT2D eigenvalue weighted by Crippen LogP contribution is -2.49. The van der Waals surface area contributed by atoms with Gasteiger partial charge in [0.15, 0.2) is 0 Å². The van der Waals surface area contributed by atoms with Gasteiger partial charge < -0.3 is 19.9 Å². The maximum Gasteiger partial charge on any atom is 0.410 e. The highest BCUT2D eigenvalue weighted by molar-refractivity contribution is 7.99. The number of nitrogens with one attached hydrogen (secondary N) is 1. The van der Waals surface area contributed by atoms with Crippen molar-refractivity contribution in [1.29, 1.82) is 0 Å². The Kier molecular flexibility index (Phi) is 5.77. The molecule has 3 aliphatic rings. The first kappa shape index (κ1) is 22.1. The molecule has 0 bridgehead atoms. The maximum atomic E-state index is 12.8. The Morgan fingerprint density at radius 3 is 2.67 bits per heavy atom. The predicted molar refractivity (Wildman–Crippen MR) is 132 cm³/mol. The van der Waals surface area contributed by atoms with Crippen LogP contribution in [0.1, 0.15) is 55.5 Å². The number of hydrogen-bond donors (Lipinski definition) is 1. The van der Waals surface area contributed by atoms with Crippen LogP contribution in [-0.2, 0) is 4.74 Å². The van der Waals surface area contributed by atoms with E-state index in [9.17, 15) is 9.59 Å². The van der Waals surface area contributed by atoms with Crippen LogP contribution < -0.4 is 10.2 Å². The number of piperidine rings is 1. The minimum atomic E-state index is -0.507. The Labute approximate surface area is 199 Å². The third-order valence-electron chi connectivity index (χ3n) is 6.51. The van der Waals surface area contributed by atoms with Gasteiger partial charge in [0.25, 0.3) is 5.91 Å². The zero-order chi connectivity index (χ0) is 23.2. The second kappa shape index (κ2) is 8.60. The Balaban J connectivity index is 1.45. The van der Waals surface area contributed by atoms with Crippen molar-refractivity contribution in [2.75, 3.05) is 35.6 Å². The number of amides is 2. The van der Waals surface area contributed by atoms with Gasteiger partial charge in [-0.05, 0) is 69.2 Å². The van der Waals surface area contributed by atoms with E-state index in [-0.39, 0.29) is 17.9 Å². The molecular formula is C26H31N3O3S. The van der Waals surface area contributed by atoms with Gasteiger partial charge in [-0.3, -0.25) is 4.79 Å². The first-order chi connectivity index (χ1) is 15.8. The summed E-state index contributed by atoms with van der Waals surface area (Å²) in [6, 6.07) is 13.9. The van der Waals surface area contributed by atoms with E-state index in [4.69, 9.17) is 4.74 Å². The van der Waals surface area contributed by atoms with Gasteiger partial charge in [-0.25, -0.2) is 4.79 Å². The highest BCUT2D eigenvalue weighted by Gasteiger charge is 2.45. The molecule has 6 nitrogen and oxygen atoms in total. The number of nitrogens with zero attached hydrogens (tertiary/aromatic N) is 2. The maximum absolute atomic E-state index is 12.8. The first-order valence-electron chi connectivity index (χ1n) is 11.7. The summed E-state index contributed by atoms with van der Waals surface area (Å²) in [6.45, 7) is 8.10. The van der Waals surface area contributed by atoms with Gasteiger partial charge in [0.1, 0.15) is 5.60 Å².